The fourth-order valence-corrected chi connectivity index (χ4v) is 6.19. The van der Waals surface area contributed by atoms with E-state index in [1.54, 1.807) is 0 Å². The third-order valence-electron chi connectivity index (χ3n) is 9.60. The molecule has 0 aliphatic rings. The smallest absolute Gasteiger partial charge is 0.236 e. The number of rotatable bonds is 28. The van der Waals surface area contributed by atoms with Crippen LogP contribution < -0.4 is 0 Å². The van der Waals surface area contributed by atoms with Gasteiger partial charge in [-0.3, -0.25) is 14.5 Å². The van der Waals surface area contributed by atoms with Crippen molar-refractivity contribution in [2.24, 2.45) is 23.7 Å². The van der Waals surface area contributed by atoms with Crippen molar-refractivity contribution in [2.75, 3.05) is 46.3 Å². The summed E-state index contributed by atoms with van der Waals surface area (Å²) in [6.45, 7) is 22.2. The third-order valence-corrected chi connectivity index (χ3v) is 9.60. The van der Waals surface area contributed by atoms with Crippen molar-refractivity contribution >= 4 is 11.8 Å². The first-order valence-corrected chi connectivity index (χ1v) is 18.5. The monoisotopic (exact) mass is 594 g/mol. The Morgan fingerprint density at radius 3 is 0.881 bits per heavy atom. The molecule has 0 spiro atoms. The van der Waals surface area contributed by atoms with Gasteiger partial charge in [0.1, 0.15) is 0 Å². The number of hydrogen-bond acceptors (Lipinski definition) is 3. The Morgan fingerprint density at radius 2 is 0.690 bits per heavy atom. The van der Waals surface area contributed by atoms with Crippen molar-refractivity contribution in [3.8, 4) is 0 Å². The van der Waals surface area contributed by atoms with Gasteiger partial charge in [0.15, 0.2) is 0 Å². The Balaban J connectivity index is 5.62. The molecule has 0 aromatic carbocycles. The van der Waals surface area contributed by atoms with E-state index in [-0.39, 0.29) is 11.8 Å². The van der Waals surface area contributed by atoms with Crippen LogP contribution in [0.25, 0.3) is 0 Å². The van der Waals surface area contributed by atoms with Gasteiger partial charge in [-0.05, 0) is 56.4 Å². The summed E-state index contributed by atoms with van der Waals surface area (Å²) in [6.07, 6.45) is 19.0. The zero-order chi connectivity index (χ0) is 31.8. The molecule has 0 saturated heterocycles. The lowest BCUT2D eigenvalue weighted by atomic mass is 9.95. The number of amides is 2. The summed E-state index contributed by atoms with van der Waals surface area (Å²) >= 11 is 0. The Bertz CT molecular complexity index is 565. The standard InChI is InChI=1S/C37H75N3O2/c1-10-18-22-32(14-5)26-39(27-33(15-6)23-19-11-2)36(41)30-38(9)31-37(42)40(28-34(16-7)24-20-12-3)29-35(17-8)25-21-13-4/h32-35H,10-31H2,1-9H3. The summed E-state index contributed by atoms with van der Waals surface area (Å²) in [6, 6.07) is 0. The van der Waals surface area contributed by atoms with E-state index in [1.807, 2.05) is 11.9 Å². The van der Waals surface area contributed by atoms with Gasteiger partial charge in [0.2, 0.25) is 11.8 Å². The minimum atomic E-state index is 0.200. The lowest BCUT2D eigenvalue weighted by molar-refractivity contribution is -0.136. The molecular weight excluding hydrogens is 518 g/mol. The molecule has 0 rings (SSSR count). The highest BCUT2D eigenvalue weighted by Crippen LogP contribution is 2.21. The molecule has 4 atom stereocenters. The highest BCUT2D eigenvalue weighted by atomic mass is 16.2. The average molecular weight is 594 g/mol. The minimum absolute atomic E-state index is 0.200. The molecule has 0 aliphatic carbocycles. The Morgan fingerprint density at radius 1 is 0.452 bits per heavy atom. The molecule has 0 saturated carbocycles. The van der Waals surface area contributed by atoms with E-state index in [0.717, 1.165) is 51.9 Å². The van der Waals surface area contributed by atoms with Gasteiger partial charge >= 0.3 is 0 Å². The van der Waals surface area contributed by atoms with Crippen LogP contribution >= 0.6 is 0 Å². The first kappa shape index (κ1) is 40.9. The van der Waals surface area contributed by atoms with E-state index in [0.29, 0.717) is 36.8 Å². The molecule has 0 aromatic rings. The molecule has 0 bridgehead atoms. The van der Waals surface area contributed by atoms with E-state index in [2.05, 4.69) is 65.2 Å². The predicted octanol–water partition coefficient (Wildman–Crippen LogP) is 9.44. The van der Waals surface area contributed by atoms with Crippen molar-refractivity contribution < 1.29 is 9.59 Å². The van der Waals surface area contributed by atoms with E-state index in [4.69, 9.17) is 0 Å². The molecule has 5 heteroatoms. The van der Waals surface area contributed by atoms with Crippen LogP contribution in [0.1, 0.15) is 158 Å². The Hall–Kier alpha value is -1.10. The molecule has 42 heavy (non-hydrogen) atoms. The molecule has 0 radical (unpaired) electrons. The fraction of sp³-hybridized carbons (Fsp3) is 0.946. The van der Waals surface area contributed by atoms with Crippen LogP contribution in [-0.2, 0) is 9.59 Å². The maximum atomic E-state index is 13.8. The topological polar surface area (TPSA) is 43.9 Å². The molecule has 2 amide bonds. The lowest BCUT2D eigenvalue weighted by Gasteiger charge is -2.33. The lowest BCUT2D eigenvalue weighted by Crippen LogP contribution is -2.47. The first-order valence-electron chi connectivity index (χ1n) is 18.5. The summed E-state index contributed by atoms with van der Waals surface area (Å²) in [5.41, 5.74) is 0. The van der Waals surface area contributed by atoms with Crippen LogP contribution in [0.3, 0.4) is 0 Å². The molecule has 5 nitrogen and oxygen atoms in total. The van der Waals surface area contributed by atoms with Gasteiger partial charge in [0.25, 0.3) is 0 Å². The predicted molar refractivity (Wildman–Crippen MR) is 184 cm³/mol. The largest absolute Gasteiger partial charge is 0.341 e. The van der Waals surface area contributed by atoms with E-state index in [1.165, 1.54) is 77.0 Å². The first-order chi connectivity index (χ1) is 20.2. The minimum Gasteiger partial charge on any atom is -0.341 e. The normalized spacial score (nSPS) is 14.5. The van der Waals surface area contributed by atoms with Gasteiger partial charge in [0.05, 0.1) is 13.1 Å². The number of carbonyl (C=O) groups excluding carboxylic acids is 2. The fourth-order valence-electron chi connectivity index (χ4n) is 6.19. The van der Waals surface area contributed by atoms with Gasteiger partial charge in [-0.1, -0.05) is 132 Å². The zero-order valence-corrected chi connectivity index (χ0v) is 30.0. The van der Waals surface area contributed by atoms with Crippen molar-refractivity contribution in [2.45, 2.75) is 158 Å². The van der Waals surface area contributed by atoms with Crippen LogP contribution in [0.4, 0.5) is 0 Å². The number of nitrogens with zero attached hydrogens (tertiary/aromatic N) is 3. The zero-order valence-electron chi connectivity index (χ0n) is 30.0. The highest BCUT2D eigenvalue weighted by Gasteiger charge is 2.25. The van der Waals surface area contributed by atoms with Gasteiger partial charge in [0, 0.05) is 26.2 Å². The van der Waals surface area contributed by atoms with Gasteiger partial charge in [-0.15, -0.1) is 0 Å². The Kier molecular flexibility index (Phi) is 25.6. The number of likely N-dealkylation sites (N-methyl/N-ethyl adjacent to an activating group) is 1. The number of hydrogen-bond donors (Lipinski definition) is 0. The highest BCUT2D eigenvalue weighted by molar-refractivity contribution is 5.81. The van der Waals surface area contributed by atoms with Crippen LogP contribution in [0.5, 0.6) is 0 Å². The van der Waals surface area contributed by atoms with Crippen molar-refractivity contribution in [1.82, 2.24) is 14.7 Å². The molecule has 0 heterocycles. The summed E-state index contributed by atoms with van der Waals surface area (Å²) in [5.74, 6) is 2.63. The Labute approximate surface area is 263 Å². The molecule has 0 aromatic heterocycles. The summed E-state index contributed by atoms with van der Waals surface area (Å²) in [5, 5.41) is 0. The van der Waals surface area contributed by atoms with Crippen molar-refractivity contribution in [1.29, 1.82) is 0 Å². The SMILES string of the molecule is CCCCC(CC)CN(CC(CC)CCCC)C(=O)CN(C)CC(=O)N(CC(CC)CCCC)CC(CC)CCCC. The molecule has 0 aliphatic heterocycles. The summed E-state index contributed by atoms with van der Waals surface area (Å²) in [4.78, 5) is 33.9. The number of unbranched alkanes of at least 4 members (excludes halogenated alkanes) is 4. The van der Waals surface area contributed by atoms with E-state index in [9.17, 15) is 9.59 Å². The van der Waals surface area contributed by atoms with E-state index >= 15 is 0 Å². The second-order valence-corrected chi connectivity index (χ2v) is 13.4. The third kappa shape index (κ3) is 18.5. The van der Waals surface area contributed by atoms with Crippen LogP contribution in [0, 0.1) is 23.7 Å². The molecular formula is C37H75N3O2. The van der Waals surface area contributed by atoms with Crippen molar-refractivity contribution in [3.05, 3.63) is 0 Å². The van der Waals surface area contributed by atoms with Crippen LogP contribution in [-0.4, -0.2) is 72.8 Å². The molecule has 0 fully saturated rings. The number of carbonyl (C=O) groups is 2. The molecule has 250 valence electrons. The van der Waals surface area contributed by atoms with Gasteiger partial charge < -0.3 is 9.80 Å². The summed E-state index contributed by atoms with van der Waals surface area (Å²) in [7, 11) is 1.97. The van der Waals surface area contributed by atoms with Crippen LogP contribution in [0.15, 0.2) is 0 Å². The van der Waals surface area contributed by atoms with Gasteiger partial charge in [-0.2, -0.15) is 0 Å². The molecule has 0 N–H and O–H groups in total. The summed E-state index contributed by atoms with van der Waals surface area (Å²) < 4.78 is 0. The second kappa shape index (κ2) is 26.3. The average Bonchev–Trinajstić information content (AvgIpc) is 2.99. The van der Waals surface area contributed by atoms with Gasteiger partial charge in [-0.25, -0.2) is 0 Å². The quantitative estimate of drug-likeness (QED) is 0.0907. The second-order valence-electron chi connectivity index (χ2n) is 13.4. The maximum absolute atomic E-state index is 13.8. The van der Waals surface area contributed by atoms with Crippen molar-refractivity contribution in [3.63, 3.8) is 0 Å². The van der Waals surface area contributed by atoms with Crippen LogP contribution in [0.2, 0.25) is 0 Å². The molecule has 4 unspecified atom stereocenters. The van der Waals surface area contributed by atoms with E-state index < -0.39 is 0 Å². The maximum Gasteiger partial charge on any atom is 0.236 e.